The quantitative estimate of drug-likeness (QED) is 0.374. The highest BCUT2D eigenvalue weighted by Gasteiger charge is 2.62. The van der Waals surface area contributed by atoms with Crippen LogP contribution in [-0.2, 0) is 22.1 Å². The van der Waals surface area contributed by atoms with E-state index >= 15 is 0 Å². The molecule has 0 N–H and O–H groups in total. The Morgan fingerprint density at radius 3 is 2.42 bits per heavy atom. The monoisotopic (exact) mass is 370 g/mol. The number of carbonyl (C=O) groups is 1. The lowest BCUT2D eigenvalue weighted by Gasteiger charge is -2.19. The molecule has 2 nitrogen and oxygen atoms in total. The molecule has 0 aromatic heterocycles. The fourth-order valence-corrected chi connectivity index (χ4v) is 3.17. The molecule has 1 aliphatic rings. The summed E-state index contributed by atoms with van der Waals surface area (Å²) in [5.74, 6) is -5.23. The summed E-state index contributed by atoms with van der Waals surface area (Å²) in [5, 5.41) is 0. The highest BCUT2D eigenvalue weighted by molar-refractivity contribution is 5.78. The standard InChI is InChI=1S/C20H22F4O2/c1-6-7-12-8-9-13(17(22)16(12)21)20(23,24)26-18(25)15-14(10-11(2)3)19(15,4)5/h6,8-10,14-15H,1,7H2,2-5H3. The Morgan fingerprint density at radius 1 is 1.27 bits per heavy atom. The Balaban J connectivity index is 2.24. The van der Waals surface area contributed by atoms with E-state index in [2.05, 4.69) is 11.3 Å². The summed E-state index contributed by atoms with van der Waals surface area (Å²) in [7, 11) is 0. The van der Waals surface area contributed by atoms with Gasteiger partial charge in [-0.3, -0.25) is 4.79 Å². The van der Waals surface area contributed by atoms with Gasteiger partial charge in [-0.05, 0) is 43.2 Å². The average Bonchev–Trinajstić information content (AvgIpc) is 3.03. The molecule has 1 fully saturated rings. The molecule has 1 saturated carbocycles. The van der Waals surface area contributed by atoms with Crippen LogP contribution in [0, 0.1) is 28.9 Å². The van der Waals surface area contributed by atoms with Crippen LogP contribution in [-0.4, -0.2) is 5.97 Å². The zero-order valence-corrected chi connectivity index (χ0v) is 15.2. The van der Waals surface area contributed by atoms with Gasteiger partial charge in [-0.25, -0.2) is 8.78 Å². The van der Waals surface area contributed by atoms with Crippen LogP contribution in [0.4, 0.5) is 17.6 Å². The van der Waals surface area contributed by atoms with Gasteiger partial charge in [0.05, 0.1) is 5.92 Å². The van der Waals surface area contributed by atoms with Crippen molar-refractivity contribution in [2.75, 3.05) is 0 Å². The summed E-state index contributed by atoms with van der Waals surface area (Å²) < 4.78 is 60.9. The second-order valence-corrected chi connectivity index (χ2v) is 7.40. The van der Waals surface area contributed by atoms with E-state index in [1.165, 1.54) is 6.08 Å². The number of alkyl halides is 2. The molecule has 0 amide bonds. The normalized spacial score (nSPS) is 21.1. The molecule has 6 heteroatoms. The Hall–Kier alpha value is -2.11. The van der Waals surface area contributed by atoms with Gasteiger partial charge in [-0.15, -0.1) is 6.58 Å². The van der Waals surface area contributed by atoms with Crippen molar-refractivity contribution in [2.45, 2.75) is 40.2 Å². The molecule has 2 atom stereocenters. The summed E-state index contributed by atoms with van der Waals surface area (Å²) in [5.41, 5.74) is -0.970. The first-order valence-electron chi connectivity index (χ1n) is 8.27. The van der Waals surface area contributed by atoms with Crippen LogP contribution in [0.25, 0.3) is 0 Å². The lowest BCUT2D eigenvalue weighted by Crippen LogP contribution is -2.26. The molecule has 0 aliphatic heterocycles. The van der Waals surface area contributed by atoms with E-state index in [0.29, 0.717) is 0 Å². The largest absolute Gasteiger partial charge is 0.431 e. The third kappa shape index (κ3) is 3.69. The summed E-state index contributed by atoms with van der Waals surface area (Å²) in [6.45, 7) is 10.6. The second kappa shape index (κ2) is 6.89. The zero-order valence-electron chi connectivity index (χ0n) is 15.2. The first kappa shape index (κ1) is 20.2. The van der Waals surface area contributed by atoms with Crippen molar-refractivity contribution in [1.82, 2.24) is 0 Å². The number of allylic oxidation sites excluding steroid dienone is 3. The van der Waals surface area contributed by atoms with Crippen molar-refractivity contribution in [3.8, 4) is 0 Å². The minimum Gasteiger partial charge on any atom is -0.397 e. The smallest absolute Gasteiger partial charge is 0.397 e. The molecule has 0 radical (unpaired) electrons. The maximum absolute atomic E-state index is 14.3. The highest BCUT2D eigenvalue weighted by Crippen LogP contribution is 2.60. The number of hydrogen-bond donors (Lipinski definition) is 0. The molecule has 1 aromatic carbocycles. The summed E-state index contributed by atoms with van der Waals surface area (Å²) in [6, 6.07) is 1.76. The molecule has 2 unspecified atom stereocenters. The van der Waals surface area contributed by atoms with Gasteiger partial charge in [0.15, 0.2) is 11.6 Å². The van der Waals surface area contributed by atoms with Crippen molar-refractivity contribution >= 4 is 5.97 Å². The fraction of sp³-hybridized carbons (Fsp3) is 0.450. The first-order chi connectivity index (χ1) is 11.9. The summed E-state index contributed by atoms with van der Waals surface area (Å²) in [6.07, 6.45) is -1.11. The molecule has 2 rings (SSSR count). The molecule has 1 aromatic rings. The minimum absolute atomic E-state index is 0.00492. The van der Waals surface area contributed by atoms with Gasteiger partial charge in [-0.1, -0.05) is 37.6 Å². The van der Waals surface area contributed by atoms with Gasteiger partial charge in [-0.2, -0.15) is 8.78 Å². The molecule has 0 heterocycles. The molecule has 0 saturated heterocycles. The lowest BCUT2D eigenvalue weighted by atomic mass is 10.1. The van der Waals surface area contributed by atoms with E-state index in [9.17, 15) is 22.4 Å². The van der Waals surface area contributed by atoms with Gasteiger partial charge in [0.2, 0.25) is 0 Å². The van der Waals surface area contributed by atoms with Crippen molar-refractivity contribution in [2.24, 2.45) is 17.3 Å². The second-order valence-electron chi connectivity index (χ2n) is 7.40. The van der Waals surface area contributed by atoms with Crippen LogP contribution in [0.2, 0.25) is 0 Å². The van der Waals surface area contributed by atoms with E-state index < -0.39 is 40.6 Å². The number of halogens is 4. The molecule has 0 spiro atoms. The SMILES string of the molecule is C=CCc1ccc(C(F)(F)OC(=O)C2C(C=C(C)C)C2(C)C)c(F)c1F. The number of esters is 1. The lowest BCUT2D eigenvalue weighted by molar-refractivity contribution is -0.243. The maximum Gasteiger partial charge on any atom is 0.431 e. The van der Waals surface area contributed by atoms with Gasteiger partial charge < -0.3 is 4.74 Å². The van der Waals surface area contributed by atoms with Crippen LogP contribution in [0.1, 0.15) is 38.8 Å². The topological polar surface area (TPSA) is 26.3 Å². The first-order valence-corrected chi connectivity index (χ1v) is 8.27. The number of rotatable bonds is 6. The Morgan fingerprint density at radius 2 is 1.88 bits per heavy atom. The average molecular weight is 370 g/mol. The minimum atomic E-state index is -4.26. The van der Waals surface area contributed by atoms with E-state index in [0.717, 1.165) is 17.7 Å². The van der Waals surface area contributed by atoms with Crippen LogP contribution in [0.5, 0.6) is 0 Å². The van der Waals surface area contributed by atoms with Crippen LogP contribution in [0.15, 0.2) is 36.4 Å². The molecule has 0 bridgehead atoms. The maximum atomic E-state index is 14.3. The van der Waals surface area contributed by atoms with Crippen molar-refractivity contribution in [1.29, 1.82) is 0 Å². The molecular weight excluding hydrogens is 348 g/mol. The fourth-order valence-electron chi connectivity index (χ4n) is 3.17. The van der Waals surface area contributed by atoms with Crippen molar-refractivity contribution in [3.63, 3.8) is 0 Å². The van der Waals surface area contributed by atoms with Crippen molar-refractivity contribution < 1.29 is 27.1 Å². The van der Waals surface area contributed by atoms with Gasteiger partial charge >= 0.3 is 12.1 Å². The predicted molar refractivity (Wildman–Crippen MR) is 90.4 cm³/mol. The molecule has 142 valence electrons. The van der Waals surface area contributed by atoms with Crippen LogP contribution in [0.3, 0.4) is 0 Å². The van der Waals surface area contributed by atoms with Gasteiger partial charge in [0.1, 0.15) is 5.56 Å². The number of hydrogen-bond acceptors (Lipinski definition) is 2. The summed E-state index contributed by atoms with van der Waals surface area (Å²) in [4.78, 5) is 12.2. The number of benzene rings is 1. The third-order valence-corrected chi connectivity index (χ3v) is 4.75. The van der Waals surface area contributed by atoms with Crippen molar-refractivity contribution in [3.05, 3.63) is 59.2 Å². The zero-order chi connectivity index (χ0) is 19.9. The molecule has 1 aliphatic carbocycles. The number of ether oxygens (including phenoxy) is 1. The Kier molecular flexibility index (Phi) is 5.36. The van der Waals surface area contributed by atoms with E-state index in [1.54, 1.807) is 13.8 Å². The van der Waals surface area contributed by atoms with E-state index in [-0.39, 0.29) is 17.9 Å². The van der Waals surface area contributed by atoms with Gasteiger partial charge in [0.25, 0.3) is 0 Å². The highest BCUT2D eigenvalue weighted by atomic mass is 19.3. The molecule has 26 heavy (non-hydrogen) atoms. The number of carbonyl (C=O) groups excluding carboxylic acids is 1. The van der Waals surface area contributed by atoms with E-state index in [1.807, 2.05) is 19.9 Å². The van der Waals surface area contributed by atoms with Crippen LogP contribution >= 0.6 is 0 Å². The third-order valence-electron chi connectivity index (χ3n) is 4.75. The Labute approximate surface area is 150 Å². The molecular formula is C20H22F4O2. The predicted octanol–water partition coefficient (Wildman–Crippen LogP) is 5.52. The summed E-state index contributed by atoms with van der Waals surface area (Å²) >= 11 is 0. The van der Waals surface area contributed by atoms with Crippen LogP contribution < -0.4 is 0 Å². The van der Waals surface area contributed by atoms with Gasteiger partial charge in [0, 0.05) is 0 Å². The van der Waals surface area contributed by atoms with E-state index in [4.69, 9.17) is 0 Å². The Bertz CT molecular complexity index is 761.